The molecule has 6 nitrogen and oxygen atoms in total. The van der Waals surface area contributed by atoms with Gasteiger partial charge in [-0.1, -0.05) is 12.1 Å². The molecule has 2 aromatic heterocycles. The molecule has 0 spiro atoms. The van der Waals surface area contributed by atoms with E-state index in [1.165, 1.54) is 10.4 Å². The molecular weight excluding hydrogens is 326 g/mol. The quantitative estimate of drug-likeness (QED) is 0.850. The molecule has 2 atom stereocenters. The Kier molecular flexibility index (Phi) is 4.37. The van der Waals surface area contributed by atoms with Crippen molar-refractivity contribution in [2.45, 2.75) is 51.2 Å². The maximum absolute atomic E-state index is 12.9. The van der Waals surface area contributed by atoms with Gasteiger partial charge in [-0.15, -0.1) is 11.3 Å². The monoisotopic (exact) mass is 347 g/mol. The molecule has 24 heavy (non-hydrogen) atoms. The van der Waals surface area contributed by atoms with Crippen molar-refractivity contribution >= 4 is 17.2 Å². The molecule has 2 aliphatic heterocycles. The molecule has 1 amide bonds. The lowest BCUT2D eigenvalue weighted by atomic mass is 10.0. The van der Waals surface area contributed by atoms with Crippen LogP contribution in [0.15, 0.2) is 16.0 Å². The standard InChI is InChI=1S/C17H21N3O3S/c1-2-15-18-17(19-23-15)12-4-3-7-20(12)16(21)10-13-11-6-9-24-14(11)5-8-22-13/h6,9,12-13H,2-5,7-8,10H2,1H3/t12-,13+/m0/s1. The molecular formula is C17H21N3O3S. The molecule has 128 valence electrons. The zero-order valence-corrected chi connectivity index (χ0v) is 14.6. The van der Waals surface area contributed by atoms with Crippen molar-refractivity contribution in [2.24, 2.45) is 0 Å². The van der Waals surface area contributed by atoms with Crippen LogP contribution in [0.25, 0.3) is 0 Å². The highest BCUT2D eigenvalue weighted by Gasteiger charge is 2.35. The second kappa shape index (κ2) is 6.64. The first-order chi connectivity index (χ1) is 11.8. The molecule has 1 fully saturated rings. The molecule has 0 unspecified atom stereocenters. The van der Waals surface area contributed by atoms with E-state index in [0.29, 0.717) is 31.2 Å². The van der Waals surface area contributed by atoms with Gasteiger partial charge in [0.2, 0.25) is 11.8 Å². The first-order valence-electron chi connectivity index (χ1n) is 8.56. The van der Waals surface area contributed by atoms with Crippen molar-refractivity contribution < 1.29 is 14.1 Å². The summed E-state index contributed by atoms with van der Waals surface area (Å²) < 4.78 is 11.1. The molecule has 7 heteroatoms. The predicted octanol–water partition coefficient (Wildman–Crippen LogP) is 3.06. The van der Waals surface area contributed by atoms with Crippen molar-refractivity contribution in [2.75, 3.05) is 13.2 Å². The molecule has 0 radical (unpaired) electrons. The summed E-state index contributed by atoms with van der Waals surface area (Å²) in [5, 5.41) is 6.15. The number of thiophene rings is 1. The number of aryl methyl sites for hydroxylation is 1. The van der Waals surface area contributed by atoms with Crippen LogP contribution in [0.2, 0.25) is 0 Å². The van der Waals surface area contributed by atoms with Crippen LogP contribution in [-0.2, 0) is 22.4 Å². The van der Waals surface area contributed by atoms with Gasteiger partial charge < -0.3 is 14.2 Å². The van der Waals surface area contributed by atoms with Gasteiger partial charge in [0.25, 0.3) is 0 Å². The van der Waals surface area contributed by atoms with E-state index < -0.39 is 0 Å². The second-order valence-corrected chi connectivity index (χ2v) is 7.26. The predicted molar refractivity (Wildman–Crippen MR) is 88.7 cm³/mol. The van der Waals surface area contributed by atoms with E-state index >= 15 is 0 Å². The lowest BCUT2D eigenvalue weighted by molar-refractivity contribution is -0.135. The van der Waals surface area contributed by atoms with Crippen molar-refractivity contribution in [3.63, 3.8) is 0 Å². The minimum absolute atomic E-state index is 0.0629. The Morgan fingerprint density at radius 3 is 3.25 bits per heavy atom. The van der Waals surface area contributed by atoms with Crippen molar-refractivity contribution in [1.82, 2.24) is 15.0 Å². The third-order valence-corrected chi connectivity index (χ3v) is 5.79. The van der Waals surface area contributed by atoms with Gasteiger partial charge in [-0.2, -0.15) is 4.98 Å². The van der Waals surface area contributed by atoms with E-state index in [2.05, 4.69) is 21.6 Å². The van der Waals surface area contributed by atoms with E-state index in [9.17, 15) is 4.79 Å². The normalized spacial score (nSPS) is 23.5. The number of ether oxygens (including phenoxy) is 1. The maximum Gasteiger partial charge on any atom is 0.226 e. The fourth-order valence-electron chi connectivity index (χ4n) is 3.55. The van der Waals surface area contributed by atoms with Gasteiger partial charge in [0, 0.05) is 24.3 Å². The Bertz CT molecular complexity index is 726. The zero-order chi connectivity index (χ0) is 16.5. The first-order valence-corrected chi connectivity index (χ1v) is 9.44. The van der Waals surface area contributed by atoms with Gasteiger partial charge >= 0.3 is 0 Å². The van der Waals surface area contributed by atoms with Crippen molar-refractivity contribution in [1.29, 1.82) is 0 Å². The van der Waals surface area contributed by atoms with Crippen molar-refractivity contribution in [3.05, 3.63) is 33.6 Å². The molecule has 4 heterocycles. The highest BCUT2D eigenvalue weighted by atomic mass is 32.1. The number of hydrogen-bond donors (Lipinski definition) is 0. The van der Waals surface area contributed by atoms with E-state index in [-0.39, 0.29) is 18.1 Å². The molecule has 2 aromatic rings. The summed E-state index contributed by atoms with van der Waals surface area (Å²) in [5.74, 6) is 1.38. The van der Waals surface area contributed by atoms with Gasteiger partial charge in [-0.05, 0) is 29.9 Å². The third-order valence-electron chi connectivity index (χ3n) is 4.79. The Morgan fingerprint density at radius 1 is 1.50 bits per heavy atom. The average Bonchev–Trinajstić information content (AvgIpc) is 3.33. The highest BCUT2D eigenvalue weighted by Crippen LogP contribution is 2.36. The molecule has 4 rings (SSSR count). The lowest BCUT2D eigenvalue weighted by Crippen LogP contribution is -2.33. The molecule has 2 aliphatic rings. The van der Waals surface area contributed by atoms with Crippen LogP contribution in [0.1, 0.15) is 60.5 Å². The number of rotatable bonds is 4. The van der Waals surface area contributed by atoms with Crippen LogP contribution in [-0.4, -0.2) is 34.1 Å². The zero-order valence-electron chi connectivity index (χ0n) is 13.7. The van der Waals surface area contributed by atoms with Gasteiger partial charge in [0.15, 0.2) is 5.82 Å². The van der Waals surface area contributed by atoms with Gasteiger partial charge in [0.1, 0.15) is 0 Å². The Morgan fingerprint density at radius 2 is 2.42 bits per heavy atom. The molecule has 0 saturated carbocycles. The minimum atomic E-state index is -0.120. The highest BCUT2D eigenvalue weighted by molar-refractivity contribution is 7.10. The molecule has 0 bridgehead atoms. The van der Waals surface area contributed by atoms with E-state index in [1.54, 1.807) is 11.3 Å². The number of nitrogens with zero attached hydrogens (tertiary/aromatic N) is 3. The van der Waals surface area contributed by atoms with Crippen LogP contribution in [0, 0.1) is 0 Å². The topological polar surface area (TPSA) is 68.5 Å². The Labute approximate surface area is 144 Å². The van der Waals surface area contributed by atoms with Gasteiger partial charge in [-0.25, -0.2) is 0 Å². The van der Waals surface area contributed by atoms with Crippen LogP contribution < -0.4 is 0 Å². The van der Waals surface area contributed by atoms with E-state index in [0.717, 1.165) is 25.8 Å². The fourth-order valence-corrected chi connectivity index (χ4v) is 4.47. The summed E-state index contributed by atoms with van der Waals surface area (Å²) in [6.45, 7) is 3.43. The minimum Gasteiger partial charge on any atom is -0.373 e. The third kappa shape index (κ3) is 2.86. The number of carbonyl (C=O) groups excluding carboxylic acids is 1. The number of amides is 1. The molecule has 0 N–H and O–H groups in total. The van der Waals surface area contributed by atoms with Crippen LogP contribution in [0.4, 0.5) is 0 Å². The molecule has 0 aromatic carbocycles. The van der Waals surface area contributed by atoms with Gasteiger partial charge in [0.05, 0.1) is 25.2 Å². The maximum atomic E-state index is 12.9. The smallest absolute Gasteiger partial charge is 0.226 e. The van der Waals surface area contributed by atoms with Crippen molar-refractivity contribution in [3.8, 4) is 0 Å². The first kappa shape index (κ1) is 15.8. The Hall–Kier alpha value is -1.73. The van der Waals surface area contributed by atoms with E-state index in [1.807, 2.05) is 11.8 Å². The number of likely N-dealkylation sites (tertiary alicyclic amines) is 1. The molecule has 1 saturated heterocycles. The average molecular weight is 347 g/mol. The lowest BCUT2D eigenvalue weighted by Gasteiger charge is -2.27. The summed E-state index contributed by atoms with van der Waals surface area (Å²) in [4.78, 5) is 20.5. The summed E-state index contributed by atoms with van der Waals surface area (Å²) in [6.07, 6.45) is 3.80. The number of hydrogen-bond acceptors (Lipinski definition) is 6. The summed E-state index contributed by atoms with van der Waals surface area (Å²) in [6, 6.07) is 2.03. The SMILES string of the molecule is CCc1nc([C@@H]2CCCN2C(=O)C[C@H]2OCCc3sccc32)no1. The Balaban J connectivity index is 1.48. The summed E-state index contributed by atoms with van der Waals surface area (Å²) in [7, 11) is 0. The van der Waals surface area contributed by atoms with Crippen LogP contribution in [0.3, 0.4) is 0 Å². The molecule has 0 aliphatic carbocycles. The summed E-state index contributed by atoms with van der Waals surface area (Å²) >= 11 is 1.75. The number of fused-ring (bicyclic) bond motifs is 1. The second-order valence-electron chi connectivity index (χ2n) is 6.26. The van der Waals surface area contributed by atoms with Gasteiger partial charge in [-0.3, -0.25) is 4.79 Å². The van der Waals surface area contributed by atoms with Crippen LogP contribution >= 0.6 is 11.3 Å². The van der Waals surface area contributed by atoms with Crippen LogP contribution in [0.5, 0.6) is 0 Å². The number of carbonyl (C=O) groups is 1. The van der Waals surface area contributed by atoms with E-state index in [4.69, 9.17) is 9.26 Å². The fraction of sp³-hybridized carbons (Fsp3) is 0.588. The number of aromatic nitrogens is 2. The largest absolute Gasteiger partial charge is 0.373 e. The summed E-state index contributed by atoms with van der Waals surface area (Å²) in [5.41, 5.74) is 1.18.